The van der Waals surface area contributed by atoms with E-state index in [4.69, 9.17) is 5.11 Å². The average molecular weight is 279 g/mol. The molecule has 0 amide bonds. The van der Waals surface area contributed by atoms with Gasteiger partial charge >= 0.3 is 5.97 Å². The van der Waals surface area contributed by atoms with Gasteiger partial charge in [-0.3, -0.25) is 14.6 Å². The molecular weight excluding hydrogens is 258 g/mol. The van der Waals surface area contributed by atoms with Crippen molar-refractivity contribution in [2.75, 3.05) is 18.0 Å². The Bertz CT molecular complexity index is 519. The van der Waals surface area contributed by atoms with Crippen LogP contribution in [0, 0.1) is 5.92 Å². The summed E-state index contributed by atoms with van der Waals surface area (Å²) in [6, 6.07) is 1.54. The summed E-state index contributed by atoms with van der Waals surface area (Å²) in [4.78, 5) is 31.8. The summed E-state index contributed by atoms with van der Waals surface area (Å²) in [6.07, 6.45) is 4.07. The van der Waals surface area contributed by atoms with Gasteiger partial charge in [-0.1, -0.05) is 13.3 Å². The van der Waals surface area contributed by atoms with Crippen molar-refractivity contribution in [1.29, 1.82) is 0 Å². The van der Waals surface area contributed by atoms with Gasteiger partial charge in [-0.05, 0) is 25.7 Å². The number of carbonyl (C=O) groups is 1. The summed E-state index contributed by atoms with van der Waals surface area (Å²) in [6.45, 7) is 3.35. The number of aliphatic carboxylic acids is 1. The minimum absolute atomic E-state index is 0.138. The molecule has 1 aliphatic heterocycles. The van der Waals surface area contributed by atoms with Gasteiger partial charge in [-0.2, -0.15) is 0 Å². The Morgan fingerprint density at radius 2 is 2.20 bits per heavy atom. The van der Waals surface area contributed by atoms with Crippen LogP contribution in [0.3, 0.4) is 0 Å². The first kappa shape index (κ1) is 14.6. The number of hydrogen-bond donors (Lipinski definition) is 2. The third-order valence-electron chi connectivity index (χ3n) is 3.71. The predicted octanol–water partition coefficient (Wildman–Crippen LogP) is 1.41. The zero-order valence-electron chi connectivity index (χ0n) is 11.8. The molecular formula is C14H21N3O3. The number of unbranched alkanes of at least 4 members (excludes halogenated alkanes) is 1. The Morgan fingerprint density at radius 1 is 1.50 bits per heavy atom. The molecule has 0 bridgehead atoms. The smallest absolute Gasteiger partial charge is 0.306 e. The number of aryl methyl sites for hydroxylation is 1. The molecule has 2 rings (SSSR count). The zero-order chi connectivity index (χ0) is 14.5. The summed E-state index contributed by atoms with van der Waals surface area (Å²) >= 11 is 0. The largest absolute Gasteiger partial charge is 0.481 e. The first-order valence-corrected chi connectivity index (χ1v) is 7.18. The van der Waals surface area contributed by atoms with E-state index in [0.717, 1.165) is 25.0 Å². The fraction of sp³-hybridized carbons (Fsp3) is 0.643. The third kappa shape index (κ3) is 3.59. The van der Waals surface area contributed by atoms with Crippen LogP contribution in [0.25, 0.3) is 0 Å². The Hall–Kier alpha value is -1.85. The van der Waals surface area contributed by atoms with Crippen molar-refractivity contribution in [3.8, 4) is 0 Å². The lowest BCUT2D eigenvalue weighted by atomic mass is 9.97. The van der Waals surface area contributed by atoms with Crippen molar-refractivity contribution in [2.45, 2.75) is 39.0 Å². The maximum atomic E-state index is 11.7. The first-order valence-electron chi connectivity index (χ1n) is 7.18. The molecule has 1 fully saturated rings. The second-order valence-corrected chi connectivity index (χ2v) is 5.26. The Kier molecular flexibility index (Phi) is 4.76. The molecule has 110 valence electrons. The van der Waals surface area contributed by atoms with Gasteiger partial charge in [0.2, 0.25) is 5.95 Å². The number of H-pyrrole nitrogens is 1. The molecule has 6 heteroatoms. The van der Waals surface area contributed by atoms with Gasteiger partial charge in [0.05, 0.1) is 5.92 Å². The first-order chi connectivity index (χ1) is 9.60. The van der Waals surface area contributed by atoms with Gasteiger partial charge in [-0.25, -0.2) is 4.98 Å². The lowest BCUT2D eigenvalue weighted by Crippen LogP contribution is -2.38. The van der Waals surface area contributed by atoms with E-state index in [2.05, 4.69) is 16.9 Å². The van der Waals surface area contributed by atoms with Crippen molar-refractivity contribution >= 4 is 11.9 Å². The van der Waals surface area contributed by atoms with E-state index in [-0.39, 0.29) is 11.5 Å². The van der Waals surface area contributed by atoms with Crippen molar-refractivity contribution in [3.63, 3.8) is 0 Å². The van der Waals surface area contributed by atoms with Crippen LogP contribution in [-0.2, 0) is 11.2 Å². The maximum absolute atomic E-state index is 11.7. The summed E-state index contributed by atoms with van der Waals surface area (Å²) < 4.78 is 0. The predicted molar refractivity (Wildman–Crippen MR) is 76.0 cm³/mol. The topological polar surface area (TPSA) is 86.3 Å². The molecule has 0 aromatic carbocycles. The SMILES string of the molecule is CCCCc1cc(=O)[nH]c(N2CCC(C(=O)O)CC2)n1. The van der Waals surface area contributed by atoms with Gasteiger partial charge in [0.1, 0.15) is 0 Å². The molecule has 20 heavy (non-hydrogen) atoms. The van der Waals surface area contributed by atoms with Crippen molar-refractivity contribution in [2.24, 2.45) is 5.92 Å². The fourth-order valence-electron chi connectivity index (χ4n) is 2.47. The number of aromatic nitrogens is 2. The number of nitrogens with one attached hydrogen (secondary N) is 1. The number of carboxylic acids is 1. The summed E-state index contributed by atoms with van der Waals surface area (Å²) in [5, 5.41) is 8.99. The van der Waals surface area contributed by atoms with Gasteiger partial charge < -0.3 is 10.0 Å². The molecule has 1 aromatic heterocycles. The molecule has 0 atom stereocenters. The Balaban J connectivity index is 2.07. The maximum Gasteiger partial charge on any atom is 0.306 e. The molecule has 0 saturated carbocycles. The number of aromatic amines is 1. The van der Waals surface area contributed by atoms with E-state index in [1.165, 1.54) is 0 Å². The van der Waals surface area contributed by atoms with Crippen LogP contribution in [0.15, 0.2) is 10.9 Å². The molecule has 1 saturated heterocycles. The number of piperidine rings is 1. The molecule has 1 aromatic rings. The van der Waals surface area contributed by atoms with Crippen LogP contribution in [0.1, 0.15) is 38.3 Å². The summed E-state index contributed by atoms with van der Waals surface area (Å²) in [5.41, 5.74) is 0.674. The quantitative estimate of drug-likeness (QED) is 0.851. The van der Waals surface area contributed by atoms with E-state index in [0.29, 0.717) is 31.9 Å². The fourth-order valence-corrected chi connectivity index (χ4v) is 2.47. The number of carboxylic acid groups (broad SMARTS) is 1. The minimum Gasteiger partial charge on any atom is -0.481 e. The second kappa shape index (κ2) is 6.54. The van der Waals surface area contributed by atoms with Crippen LogP contribution in [0.2, 0.25) is 0 Å². The molecule has 1 aliphatic rings. The monoisotopic (exact) mass is 279 g/mol. The Morgan fingerprint density at radius 3 is 2.80 bits per heavy atom. The second-order valence-electron chi connectivity index (χ2n) is 5.26. The highest BCUT2D eigenvalue weighted by Gasteiger charge is 2.25. The molecule has 0 spiro atoms. The molecule has 0 unspecified atom stereocenters. The highest BCUT2D eigenvalue weighted by molar-refractivity contribution is 5.70. The molecule has 6 nitrogen and oxygen atoms in total. The summed E-state index contributed by atoms with van der Waals surface area (Å²) in [7, 11) is 0. The normalized spacial score (nSPS) is 16.4. The number of rotatable bonds is 5. The highest BCUT2D eigenvalue weighted by Crippen LogP contribution is 2.20. The third-order valence-corrected chi connectivity index (χ3v) is 3.71. The van der Waals surface area contributed by atoms with Gasteiger partial charge in [0, 0.05) is 24.8 Å². The van der Waals surface area contributed by atoms with E-state index in [1.54, 1.807) is 6.07 Å². The van der Waals surface area contributed by atoms with E-state index in [9.17, 15) is 9.59 Å². The van der Waals surface area contributed by atoms with Gasteiger partial charge in [-0.15, -0.1) is 0 Å². The van der Waals surface area contributed by atoms with Crippen molar-refractivity contribution in [1.82, 2.24) is 9.97 Å². The standard InChI is InChI=1S/C14H21N3O3/c1-2-3-4-11-9-12(18)16-14(15-11)17-7-5-10(6-8-17)13(19)20/h9-10H,2-8H2,1H3,(H,19,20)(H,15,16,18). The van der Waals surface area contributed by atoms with E-state index >= 15 is 0 Å². The van der Waals surface area contributed by atoms with Crippen LogP contribution in [0.5, 0.6) is 0 Å². The van der Waals surface area contributed by atoms with Crippen LogP contribution in [0.4, 0.5) is 5.95 Å². The van der Waals surface area contributed by atoms with E-state index < -0.39 is 5.97 Å². The highest BCUT2D eigenvalue weighted by atomic mass is 16.4. The van der Waals surface area contributed by atoms with Crippen LogP contribution < -0.4 is 10.5 Å². The van der Waals surface area contributed by atoms with Gasteiger partial charge in [0.15, 0.2) is 0 Å². The number of anilines is 1. The summed E-state index contributed by atoms with van der Waals surface area (Å²) in [5.74, 6) is -0.434. The van der Waals surface area contributed by atoms with Gasteiger partial charge in [0.25, 0.3) is 5.56 Å². The zero-order valence-corrected chi connectivity index (χ0v) is 11.8. The van der Waals surface area contributed by atoms with E-state index in [1.807, 2.05) is 4.90 Å². The molecule has 2 heterocycles. The number of nitrogens with zero attached hydrogens (tertiary/aromatic N) is 2. The minimum atomic E-state index is -0.734. The molecule has 0 aliphatic carbocycles. The lowest BCUT2D eigenvalue weighted by Gasteiger charge is -2.30. The van der Waals surface area contributed by atoms with Crippen molar-refractivity contribution < 1.29 is 9.90 Å². The molecule has 0 radical (unpaired) electrons. The lowest BCUT2D eigenvalue weighted by molar-refractivity contribution is -0.142. The van der Waals surface area contributed by atoms with Crippen LogP contribution >= 0.6 is 0 Å². The molecule has 2 N–H and O–H groups in total. The van der Waals surface area contributed by atoms with Crippen LogP contribution in [-0.4, -0.2) is 34.1 Å². The average Bonchev–Trinajstić information content (AvgIpc) is 2.44. The number of hydrogen-bond acceptors (Lipinski definition) is 4. The van der Waals surface area contributed by atoms with Crippen molar-refractivity contribution in [3.05, 3.63) is 22.1 Å². The Labute approximate surface area is 117 Å².